The molecule has 0 aliphatic rings. The number of hydrogen-bond acceptors (Lipinski definition) is 4. The van der Waals surface area contributed by atoms with E-state index >= 15 is 0 Å². The van der Waals surface area contributed by atoms with Gasteiger partial charge in [-0.15, -0.1) is 5.10 Å². The molecule has 0 fully saturated rings. The summed E-state index contributed by atoms with van der Waals surface area (Å²) in [5.41, 5.74) is 10.8. The van der Waals surface area contributed by atoms with E-state index < -0.39 is 11.7 Å². The Kier molecular flexibility index (Phi) is 2.88. The maximum absolute atomic E-state index is 13.5. The summed E-state index contributed by atoms with van der Waals surface area (Å²) in [5, 5.41) is 3.95. The Morgan fingerprint density at radius 1 is 1.50 bits per heavy atom. The van der Waals surface area contributed by atoms with E-state index in [-0.39, 0.29) is 17.2 Å². The lowest BCUT2D eigenvalue weighted by Crippen LogP contribution is -2.12. The van der Waals surface area contributed by atoms with Crippen LogP contribution in [0, 0.1) is 5.82 Å². The minimum atomic E-state index is -0.837. The molecule has 1 heterocycles. The summed E-state index contributed by atoms with van der Waals surface area (Å²) >= 11 is 0. The topological polar surface area (TPSA) is 96.2 Å². The molecule has 6 nitrogen and oxygen atoms in total. The number of anilines is 1. The Hall–Kier alpha value is -2.57. The maximum atomic E-state index is 13.5. The standard InChI is InChI=1S/C11H11FN4O2/c1-16-5-9(13)11(15-16)18-6-2-3-7(10(14)17)8(12)4-6/h2-5H,13H2,1H3,(H2,14,17). The molecule has 1 aromatic heterocycles. The van der Waals surface area contributed by atoms with E-state index in [1.807, 2.05) is 0 Å². The molecule has 0 radical (unpaired) electrons. The summed E-state index contributed by atoms with van der Waals surface area (Å²) in [7, 11) is 1.68. The fraction of sp³-hybridized carbons (Fsp3) is 0.0909. The van der Waals surface area contributed by atoms with Crippen LogP contribution < -0.4 is 16.2 Å². The number of amides is 1. The number of nitrogens with two attached hydrogens (primary N) is 2. The highest BCUT2D eigenvalue weighted by atomic mass is 19.1. The van der Waals surface area contributed by atoms with Crippen molar-refractivity contribution in [1.29, 1.82) is 0 Å². The lowest BCUT2D eigenvalue weighted by molar-refractivity contribution is 0.0996. The molecular formula is C11H11FN4O2. The number of aryl methyl sites for hydroxylation is 1. The first-order valence-corrected chi connectivity index (χ1v) is 5.03. The van der Waals surface area contributed by atoms with Gasteiger partial charge in [-0.25, -0.2) is 4.39 Å². The van der Waals surface area contributed by atoms with Crippen LogP contribution in [-0.4, -0.2) is 15.7 Å². The minimum Gasteiger partial charge on any atom is -0.436 e. The molecule has 0 bridgehead atoms. The van der Waals surface area contributed by atoms with Crippen LogP contribution in [0.1, 0.15) is 10.4 Å². The zero-order valence-electron chi connectivity index (χ0n) is 9.55. The van der Waals surface area contributed by atoms with E-state index in [2.05, 4.69) is 5.10 Å². The van der Waals surface area contributed by atoms with Gasteiger partial charge in [0, 0.05) is 13.1 Å². The highest BCUT2D eigenvalue weighted by Gasteiger charge is 2.11. The molecule has 1 amide bonds. The van der Waals surface area contributed by atoms with Gasteiger partial charge in [0.15, 0.2) is 0 Å². The summed E-state index contributed by atoms with van der Waals surface area (Å²) < 4.78 is 20.2. The van der Waals surface area contributed by atoms with Crippen molar-refractivity contribution >= 4 is 11.6 Å². The Labute approximate surface area is 102 Å². The molecule has 0 saturated heterocycles. The number of benzene rings is 1. The van der Waals surface area contributed by atoms with Gasteiger partial charge >= 0.3 is 0 Å². The molecular weight excluding hydrogens is 239 g/mol. The van der Waals surface area contributed by atoms with Crippen molar-refractivity contribution in [2.45, 2.75) is 0 Å². The largest absolute Gasteiger partial charge is 0.436 e. The number of ether oxygens (including phenoxy) is 1. The van der Waals surface area contributed by atoms with Crippen molar-refractivity contribution < 1.29 is 13.9 Å². The average Bonchev–Trinajstić information content (AvgIpc) is 2.57. The zero-order chi connectivity index (χ0) is 13.3. The molecule has 18 heavy (non-hydrogen) atoms. The van der Waals surface area contributed by atoms with E-state index in [0.29, 0.717) is 5.69 Å². The smallest absolute Gasteiger partial charge is 0.261 e. The van der Waals surface area contributed by atoms with Crippen molar-refractivity contribution in [2.24, 2.45) is 12.8 Å². The third-order valence-corrected chi connectivity index (χ3v) is 2.24. The fourth-order valence-corrected chi connectivity index (χ4v) is 1.44. The number of nitrogens with zero attached hydrogens (tertiary/aromatic N) is 2. The highest BCUT2D eigenvalue weighted by molar-refractivity contribution is 5.93. The number of halogens is 1. The molecule has 2 aromatic rings. The molecule has 7 heteroatoms. The SMILES string of the molecule is Cn1cc(N)c(Oc2ccc(C(N)=O)c(F)c2)n1. The van der Waals surface area contributed by atoms with Crippen LogP contribution in [0.3, 0.4) is 0 Å². The molecule has 0 aliphatic carbocycles. The molecule has 0 aliphatic heterocycles. The zero-order valence-corrected chi connectivity index (χ0v) is 9.55. The molecule has 0 atom stereocenters. The van der Waals surface area contributed by atoms with Crippen molar-refractivity contribution in [3.05, 3.63) is 35.8 Å². The van der Waals surface area contributed by atoms with E-state index in [0.717, 1.165) is 6.07 Å². The fourth-order valence-electron chi connectivity index (χ4n) is 1.44. The number of rotatable bonds is 3. The van der Waals surface area contributed by atoms with Gasteiger partial charge in [-0.1, -0.05) is 0 Å². The van der Waals surface area contributed by atoms with Gasteiger partial charge in [-0.05, 0) is 12.1 Å². The summed E-state index contributed by atoms with van der Waals surface area (Å²) in [6, 6.07) is 3.71. The van der Waals surface area contributed by atoms with Crippen LogP contribution in [0.25, 0.3) is 0 Å². The summed E-state index contributed by atoms with van der Waals surface area (Å²) in [6.07, 6.45) is 1.56. The Bertz CT molecular complexity index is 609. The van der Waals surface area contributed by atoms with Gasteiger partial charge in [-0.2, -0.15) is 0 Å². The first-order chi connectivity index (χ1) is 8.47. The third kappa shape index (κ3) is 2.24. The predicted molar refractivity (Wildman–Crippen MR) is 62.6 cm³/mol. The van der Waals surface area contributed by atoms with Crippen LogP contribution in [0.4, 0.5) is 10.1 Å². The second kappa shape index (κ2) is 4.36. The van der Waals surface area contributed by atoms with E-state index in [1.165, 1.54) is 16.8 Å². The quantitative estimate of drug-likeness (QED) is 0.850. The van der Waals surface area contributed by atoms with Gasteiger partial charge in [0.25, 0.3) is 11.8 Å². The molecule has 2 rings (SSSR count). The molecule has 4 N–H and O–H groups in total. The van der Waals surface area contributed by atoms with E-state index in [9.17, 15) is 9.18 Å². The lowest BCUT2D eigenvalue weighted by atomic mass is 10.2. The second-order valence-electron chi connectivity index (χ2n) is 3.67. The van der Waals surface area contributed by atoms with Crippen LogP contribution in [0.15, 0.2) is 24.4 Å². The minimum absolute atomic E-state index is 0.170. The molecule has 1 aromatic carbocycles. The normalized spacial score (nSPS) is 10.3. The maximum Gasteiger partial charge on any atom is 0.261 e. The molecule has 94 valence electrons. The van der Waals surface area contributed by atoms with Gasteiger partial charge < -0.3 is 16.2 Å². The molecule has 0 saturated carbocycles. The highest BCUT2D eigenvalue weighted by Crippen LogP contribution is 2.26. The van der Waals surface area contributed by atoms with Crippen LogP contribution >= 0.6 is 0 Å². The van der Waals surface area contributed by atoms with Gasteiger partial charge in [0.2, 0.25) is 0 Å². The van der Waals surface area contributed by atoms with Gasteiger partial charge in [-0.3, -0.25) is 9.48 Å². The monoisotopic (exact) mass is 250 g/mol. The summed E-state index contributed by atoms with van der Waals surface area (Å²) in [5.74, 6) is -1.24. The van der Waals surface area contributed by atoms with Crippen molar-refractivity contribution in [3.63, 3.8) is 0 Å². The number of carbonyl (C=O) groups is 1. The van der Waals surface area contributed by atoms with Crippen molar-refractivity contribution in [1.82, 2.24) is 9.78 Å². The average molecular weight is 250 g/mol. The van der Waals surface area contributed by atoms with Gasteiger partial charge in [0.1, 0.15) is 17.3 Å². The lowest BCUT2D eigenvalue weighted by Gasteiger charge is -2.04. The third-order valence-electron chi connectivity index (χ3n) is 2.24. The van der Waals surface area contributed by atoms with Crippen molar-refractivity contribution in [2.75, 3.05) is 5.73 Å². The number of hydrogen-bond donors (Lipinski definition) is 2. The summed E-state index contributed by atoms with van der Waals surface area (Å²) in [4.78, 5) is 10.9. The number of carbonyl (C=O) groups excluding carboxylic acids is 1. The predicted octanol–water partition coefficient (Wildman–Crippen LogP) is 1.03. The number of primary amides is 1. The van der Waals surface area contributed by atoms with Crippen LogP contribution in [0.2, 0.25) is 0 Å². The first kappa shape index (κ1) is 11.9. The van der Waals surface area contributed by atoms with Gasteiger partial charge in [0.05, 0.1) is 11.8 Å². The van der Waals surface area contributed by atoms with E-state index in [4.69, 9.17) is 16.2 Å². The molecule has 0 unspecified atom stereocenters. The van der Waals surface area contributed by atoms with Crippen LogP contribution in [-0.2, 0) is 7.05 Å². The molecule has 0 spiro atoms. The first-order valence-electron chi connectivity index (χ1n) is 5.03. The Morgan fingerprint density at radius 3 is 2.72 bits per heavy atom. The number of nitrogen functional groups attached to an aromatic ring is 1. The summed E-state index contributed by atoms with van der Waals surface area (Å²) in [6.45, 7) is 0. The van der Waals surface area contributed by atoms with E-state index in [1.54, 1.807) is 13.2 Å². The second-order valence-corrected chi connectivity index (χ2v) is 3.67. The number of aromatic nitrogens is 2. The van der Waals surface area contributed by atoms with Crippen molar-refractivity contribution in [3.8, 4) is 11.6 Å². The Morgan fingerprint density at radius 2 is 2.22 bits per heavy atom. The van der Waals surface area contributed by atoms with Crippen LogP contribution in [0.5, 0.6) is 11.6 Å². The Balaban J connectivity index is 2.28.